The molecule has 0 unspecified atom stereocenters. The topological polar surface area (TPSA) is 111 Å². The molecule has 0 fully saturated rings. The predicted octanol–water partition coefficient (Wildman–Crippen LogP) is 2.10. The molecule has 8 nitrogen and oxygen atoms in total. The summed E-state index contributed by atoms with van der Waals surface area (Å²) in [6.45, 7) is 6.91. The third kappa shape index (κ3) is 3.97. The summed E-state index contributed by atoms with van der Waals surface area (Å²) in [6, 6.07) is 3.72. The van der Waals surface area contributed by atoms with Crippen molar-refractivity contribution in [3.05, 3.63) is 47.3 Å². The van der Waals surface area contributed by atoms with Gasteiger partial charge in [-0.2, -0.15) is 0 Å². The smallest absolute Gasteiger partial charge is 0.262 e. The van der Waals surface area contributed by atoms with E-state index in [1.54, 1.807) is 29.4 Å². The molecule has 0 saturated heterocycles. The maximum atomic E-state index is 12.9. The Bertz CT molecular complexity index is 961. The second-order valence-corrected chi connectivity index (χ2v) is 7.01. The van der Waals surface area contributed by atoms with Crippen molar-refractivity contribution in [1.29, 1.82) is 0 Å². The van der Waals surface area contributed by atoms with Crippen LogP contribution < -0.4 is 21.9 Å². The van der Waals surface area contributed by atoms with Gasteiger partial charge in [0.25, 0.3) is 5.56 Å². The molecule has 0 bridgehead atoms. The summed E-state index contributed by atoms with van der Waals surface area (Å²) in [5, 5.41) is 7.79. The highest BCUT2D eigenvalue weighted by molar-refractivity contribution is 5.93. The Morgan fingerprint density at radius 1 is 1.23 bits per heavy atom. The fourth-order valence-corrected chi connectivity index (χ4v) is 2.62. The summed E-state index contributed by atoms with van der Waals surface area (Å²) < 4.78 is 1.60. The molecule has 3 aromatic rings. The molecule has 0 aromatic carbocycles. The molecule has 8 heteroatoms. The van der Waals surface area contributed by atoms with Crippen molar-refractivity contribution in [1.82, 2.24) is 19.5 Å². The SMILES string of the molecule is CC(C)(C)Nc1nc(Nc2cnccn2)cc2ccn(CCN)c(=O)c12. The van der Waals surface area contributed by atoms with Gasteiger partial charge in [0.1, 0.15) is 17.5 Å². The number of pyridine rings is 2. The zero-order valence-corrected chi connectivity index (χ0v) is 15.2. The molecule has 0 aliphatic rings. The number of fused-ring (bicyclic) bond motifs is 1. The van der Waals surface area contributed by atoms with Gasteiger partial charge in [-0.05, 0) is 38.3 Å². The minimum Gasteiger partial charge on any atom is -0.365 e. The minimum atomic E-state index is -0.258. The normalized spacial score (nSPS) is 11.5. The number of nitrogens with one attached hydrogen (secondary N) is 2. The van der Waals surface area contributed by atoms with Gasteiger partial charge in [0.15, 0.2) is 0 Å². The summed E-state index contributed by atoms with van der Waals surface area (Å²) in [5.74, 6) is 1.69. The molecule has 0 aliphatic heterocycles. The molecule has 0 saturated carbocycles. The standard InChI is InChI=1S/C18H23N7O/c1-18(2,3)24-16-15-12(4-8-25(9-5-19)17(15)26)10-13(23-16)22-14-11-20-6-7-21-14/h4,6-8,10-11H,5,9,19H2,1-3H3,(H2,21,22,23,24). The first-order valence-corrected chi connectivity index (χ1v) is 8.43. The van der Waals surface area contributed by atoms with Crippen molar-refractivity contribution >= 4 is 28.2 Å². The zero-order chi connectivity index (χ0) is 18.7. The van der Waals surface area contributed by atoms with Crippen LogP contribution in [0.1, 0.15) is 20.8 Å². The van der Waals surface area contributed by atoms with Crippen molar-refractivity contribution in [3.8, 4) is 0 Å². The molecule has 3 aromatic heterocycles. The van der Waals surface area contributed by atoms with E-state index in [4.69, 9.17) is 5.73 Å². The molecular weight excluding hydrogens is 330 g/mol. The van der Waals surface area contributed by atoms with E-state index in [-0.39, 0.29) is 11.1 Å². The molecule has 0 radical (unpaired) electrons. The molecule has 3 heterocycles. The average Bonchev–Trinajstić information content (AvgIpc) is 2.57. The highest BCUT2D eigenvalue weighted by atomic mass is 16.1. The Hall–Kier alpha value is -3.00. The Balaban J connectivity index is 2.15. The summed E-state index contributed by atoms with van der Waals surface area (Å²) in [4.78, 5) is 25.7. The van der Waals surface area contributed by atoms with E-state index >= 15 is 0 Å². The second-order valence-electron chi connectivity index (χ2n) is 7.01. The van der Waals surface area contributed by atoms with Crippen LogP contribution in [0.15, 0.2) is 41.7 Å². The van der Waals surface area contributed by atoms with Gasteiger partial charge in [-0.25, -0.2) is 9.97 Å². The third-order valence-corrected chi connectivity index (χ3v) is 3.64. The fourth-order valence-electron chi connectivity index (χ4n) is 2.62. The Morgan fingerprint density at radius 2 is 2.04 bits per heavy atom. The highest BCUT2D eigenvalue weighted by Crippen LogP contribution is 2.25. The van der Waals surface area contributed by atoms with E-state index in [2.05, 4.69) is 25.6 Å². The van der Waals surface area contributed by atoms with Crippen LogP contribution in [0.25, 0.3) is 10.8 Å². The average molecular weight is 353 g/mol. The second kappa shape index (κ2) is 7.09. The lowest BCUT2D eigenvalue weighted by molar-refractivity contribution is 0.631. The van der Waals surface area contributed by atoms with Crippen LogP contribution in [0, 0.1) is 0 Å². The monoisotopic (exact) mass is 353 g/mol. The Morgan fingerprint density at radius 3 is 2.69 bits per heavy atom. The molecule has 0 aliphatic carbocycles. The van der Waals surface area contributed by atoms with Gasteiger partial charge in [-0.15, -0.1) is 0 Å². The number of aromatic nitrogens is 4. The third-order valence-electron chi connectivity index (χ3n) is 3.64. The zero-order valence-electron chi connectivity index (χ0n) is 15.2. The van der Waals surface area contributed by atoms with E-state index in [0.717, 1.165) is 5.39 Å². The number of nitrogens with zero attached hydrogens (tertiary/aromatic N) is 4. The number of rotatable bonds is 5. The van der Waals surface area contributed by atoms with Crippen LogP contribution in [-0.4, -0.2) is 31.6 Å². The van der Waals surface area contributed by atoms with Gasteiger partial charge in [-0.3, -0.25) is 9.78 Å². The molecule has 3 rings (SSSR count). The maximum absolute atomic E-state index is 12.9. The van der Waals surface area contributed by atoms with Crippen molar-refractivity contribution in [2.45, 2.75) is 32.9 Å². The predicted molar refractivity (Wildman–Crippen MR) is 104 cm³/mol. The molecule has 26 heavy (non-hydrogen) atoms. The van der Waals surface area contributed by atoms with E-state index in [9.17, 15) is 4.79 Å². The van der Waals surface area contributed by atoms with Crippen molar-refractivity contribution < 1.29 is 0 Å². The summed E-state index contributed by atoms with van der Waals surface area (Å²) in [6.07, 6.45) is 6.57. The van der Waals surface area contributed by atoms with E-state index in [0.29, 0.717) is 35.9 Å². The van der Waals surface area contributed by atoms with Crippen LogP contribution in [0.2, 0.25) is 0 Å². The highest BCUT2D eigenvalue weighted by Gasteiger charge is 2.17. The molecule has 0 amide bonds. The quantitative estimate of drug-likeness (QED) is 0.644. The summed E-state index contributed by atoms with van der Waals surface area (Å²) >= 11 is 0. The number of hydrogen-bond donors (Lipinski definition) is 3. The largest absolute Gasteiger partial charge is 0.365 e. The number of nitrogens with two attached hydrogens (primary N) is 1. The first kappa shape index (κ1) is 17.8. The van der Waals surface area contributed by atoms with Crippen LogP contribution >= 0.6 is 0 Å². The maximum Gasteiger partial charge on any atom is 0.262 e. The van der Waals surface area contributed by atoms with Gasteiger partial charge >= 0.3 is 0 Å². The van der Waals surface area contributed by atoms with E-state index in [1.165, 1.54) is 0 Å². The van der Waals surface area contributed by atoms with E-state index in [1.807, 2.05) is 32.9 Å². The number of hydrogen-bond acceptors (Lipinski definition) is 7. The van der Waals surface area contributed by atoms with Crippen LogP contribution in [0.3, 0.4) is 0 Å². The van der Waals surface area contributed by atoms with Crippen molar-refractivity contribution in [2.75, 3.05) is 17.2 Å². The molecule has 136 valence electrons. The molecule has 0 atom stereocenters. The number of anilines is 3. The van der Waals surface area contributed by atoms with Crippen molar-refractivity contribution in [3.63, 3.8) is 0 Å². The Labute approximate surface area is 151 Å². The lowest BCUT2D eigenvalue weighted by Gasteiger charge is -2.23. The van der Waals surface area contributed by atoms with Gasteiger partial charge in [-0.1, -0.05) is 0 Å². The molecule has 4 N–H and O–H groups in total. The summed E-state index contributed by atoms with van der Waals surface area (Å²) in [5.41, 5.74) is 5.24. The minimum absolute atomic E-state index is 0.113. The first-order chi connectivity index (χ1) is 12.4. The van der Waals surface area contributed by atoms with Gasteiger partial charge in [0.05, 0.1) is 11.6 Å². The molecule has 0 spiro atoms. The molecular formula is C18H23N7O. The lowest BCUT2D eigenvalue weighted by atomic mass is 10.1. The van der Waals surface area contributed by atoms with Crippen LogP contribution in [-0.2, 0) is 6.54 Å². The van der Waals surface area contributed by atoms with E-state index < -0.39 is 0 Å². The fraction of sp³-hybridized carbons (Fsp3) is 0.333. The van der Waals surface area contributed by atoms with Crippen LogP contribution in [0.5, 0.6) is 0 Å². The van der Waals surface area contributed by atoms with Crippen LogP contribution in [0.4, 0.5) is 17.5 Å². The summed E-state index contributed by atoms with van der Waals surface area (Å²) in [7, 11) is 0. The van der Waals surface area contributed by atoms with Gasteiger partial charge in [0, 0.05) is 37.2 Å². The van der Waals surface area contributed by atoms with Crippen molar-refractivity contribution in [2.24, 2.45) is 5.73 Å². The van der Waals surface area contributed by atoms with Gasteiger partial charge in [0.2, 0.25) is 0 Å². The first-order valence-electron chi connectivity index (χ1n) is 8.43. The van der Waals surface area contributed by atoms with Gasteiger partial charge < -0.3 is 20.9 Å². The lowest BCUT2D eigenvalue weighted by Crippen LogP contribution is -2.29. The Kier molecular flexibility index (Phi) is 4.85.